The topological polar surface area (TPSA) is 29.5 Å². The predicted octanol–water partition coefficient (Wildman–Crippen LogP) is 3.68. The van der Waals surface area contributed by atoms with E-state index in [1.807, 2.05) is 0 Å². The number of aliphatic hydroxyl groups is 1. The van der Waals surface area contributed by atoms with E-state index >= 15 is 0 Å². The maximum atomic E-state index is 12.8. The summed E-state index contributed by atoms with van der Waals surface area (Å²) in [6.07, 6.45) is -0.800. The predicted molar refractivity (Wildman–Crippen MR) is 71.2 cm³/mol. The summed E-state index contributed by atoms with van der Waals surface area (Å²) in [5.41, 5.74) is 1.35. The van der Waals surface area contributed by atoms with Gasteiger partial charge in [-0.2, -0.15) is 0 Å². The van der Waals surface area contributed by atoms with Crippen molar-refractivity contribution in [2.75, 3.05) is 7.11 Å². The largest absolute Gasteiger partial charge is 0.497 e. The molecule has 0 aliphatic carbocycles. The monoisotopic (exact) mass is 310 g/mol. The van der Waals surface area contributed by atoms with Gasteiger partial charge in [-0.25, -0.2) is 4.39 Å². The third-order valence-corrected chi connectivity index (χ3v) is 3.37. The molecule has 1 atom stereocenters. The fraction of sp³-hybridized carbons (Fsp3) is 0.143. The lowest BCUT2D eigenvalue weighted by molar-refractivity contribution is 0.219. The number of hydrogen-bond acceptors (Lipinski definition) is 2. The number of rotatable bonds is 3. The van der Waals surface area contributed by atoms with Gasteiger partial charge >= 0.3 is 0 Å². The summed E-state index contributed by atoms with van der Waals surface area (Å²) in [4.78, 5) is 0. The zero-order valence-corrected chi connectivity index (χ0v) is 11.3. The maximum Gasteiger partial charge on any atom is 0.123 e. The molecule has 94 valence electrons. The molecule has 0 radical (unpaired) electrons. The minimum absolute atomic E-state index is 0.320. The number of benzene rings is 2. The highest BCUT2D eigenvalue weighted by atomic mass is 79.9. The maximum absolute atomic E-state index is 12.8. The number of halogens is 2. The second-order valence-electron chi connectivity index (χ2n) is 3.84. The van der Waals surface area contributed by atoms with Crippen molar-refractivity contribution in [3.8, 4) is 5.75 Å². The molecule has 0 unspecified atom stereocenters. The normalized spacial score (nSPS) is 12.2. The van der Waals surface area contributed by atoms with Gasteiger partial charge in [0.1, 0.15) is 17.7 Å². The van der Waals surface area contributed by atoms with Crippen molar-refractivity contribution < 1.29 is 14.2 Å². The number of aliphatic hydroxyl groups excluding tert-OH is 1. The Morgan fingerprint density at radius 3 is 2.39 bits per heavy atom. The third kappa shape index (κ3) is 2.71. The van der Waals surface area contributed by atoms with Gasteiger partial charge in [0.05, 0.1) is 7.11 Å². The van der Waals surface area contributed by atoms with Gasteiger partial charge in [-0.15, -0.1) is 0 Å². The Kier molecular flexibility index (Phi) is 3.99. The van der Waals surface area contributed by atoms with Crippen LogP contribution in [0.1, 0.15) is 17.2 Å². The highest BCUT2D eigenvalue weighted by Crippen LogP contribution is 2.31. The Hall–Kier alpha value is -1.39. The molecule has 1 N–H and O–H groups in total. The molecule has 0 bridgehead atoms. The summed E-state index contributed by atoms with van der Waals surface area (Å²) < 4.78 is 18.7. The molecule has 2 aromatic carbocycles. The first-order valence-electron chi connectivity index (χ1n) is 5.39. The second-order valence-corrected chi connectivity index (χ2v) is 4.70. The minimum Gasteiger partial charge on any atom is -0.497 e. The van der Waals surface area contributed by atoms with Crippen molar-refractivity contribution in [2.24, 2.45) is 0 Å². The molecule has 0 aromatic heterocycles. The van der Waals surface area contributed by atoms with Crippen molar-refractivity contribution in [2.45, 2.75) is 6.10 Å². The molecule has 2 rings (SSSR count). The quantitative estimate of drug-likeness (QED) is 0.937. The van der Waals surface area contributed by atoms with Crippen LogP contribution in [-0.2, 0) is 0 Å². The zero-order chi connectivity index (χ0) is 13.1. The van der Waals surface area contributed by atoms with Crippen LogP contribution in [0.25, 0.3) is 0 Å². The highest BCUT2D eigenvalue weighted by Gasteiger charge is 2.14. The van der Waals surface area contributed by atoms with Crippen LogP contribution >= 0.6 is 15.9 Å². The molecule has 2 aromatic rings. The van der Waals surface area contributed by atoms with Crippen LogP contribution in [0.5, 0.6) is 5.75 Å². The van der Waals surface area contributed by atoms with Crippen molar-refractivity contribution in [1.82, 2.24) is 0 Å². The van der Waals surface area contributed by atoms with E-state index in [2.05, 4.69) is 15.9 Å². The van der Waals surface area contributed by atoms with E-state index in [0.717, 1.165) is 4.47 Å². The van der Waals surface area contributed by atoms with Crippen LogP contribution in [0, 0.1) is 5.82 Å². The van der Waals surface area contributed by atoms with E-state index in [1.54, 1.807) is 37.4 Å². The van der Waals surface area contributed by atoms with Gasteiger partial charge in [0.15, 0.2) is 0 Å². The van der Waals surface area contributed by atoms with E-state index in [-0.39, 0.29) is 5.82 Å². The average molecular weight is 311 g/mol. The summed E-state index contributed by atoms with van der Waals surface area (Å²) in [6.45, 7) is 0. The first-order chi connectivity index (χ1) is 8.61. The lowest BCUT2D eigenvalue weighted by Gasteiger charge is -2.14. The van der Waals surface area contributed by atoms with Crippen molar-refractivity contribution in [3.05, 3.63) is 63.9 Å². The Balaban J connectivity index is 2.33. The average Bonchev–Trinajstić information content (AvgIpc) is 2.38. The standard InChI is InChI=1S/C14H12BrFO2/c1-18-11-6-7-12(13(15)8-11)14(17)9-2-4-10(16)5-3-9/h2-8,14,17H,1H3/t14-/m0/s1. The number of methoxy groups -OCH3 is 1. The van der Waals surface area contributed by atoms with Gasteiger partial charge in [0.2, 0.25) is 0 Å². The molecular weight excluding hydrogens is 299 g/mol. The highest BCUT2D eigenvalue weighted by molar-refractivity contribution is 9.10. The molecule has 0 spiro atoms. The first-order valence-corrected chi connectivity index (χ1v) is 6.18. The summed E-state index contributed by atoms with van der Waals surface area (Å²) >= 11 is 3.39. The summed E-state index contributed by atoms with van der Waals surface area (Å²) in [7, 11) is 1.58. The van der Waals surface area contributed by atoms with Crippen molar-refractivity contribution >= 4 is 15.9 Å². The summed E-state index contributed by atoms with van der Waals surface area (Å²) in [5, 5.41) is 10.2. The van der Waals surface area contributed by atoms with Crippen LogP contribution in [0.15, 0.2) is 46.9 Å². The lowest BCUT2D eigenvalue weighted by Crippen LogP contribution is -2.01. The van der Waals surface area contributed by atoms with E-state index in [0.29, 0.717) is 16.9 Å². The summed E-state index contributed by atoms with van der Waals surface area (Å²) in [6, 6.07) is 11.1. The van der Waals surface area contributed by atoms with Crippen LogP contribution in [-0.4, -0.2) is 12.2 Å². The van der Waals surface area contributed by atoms with E-state index < -0.39 is 6.10 Å². The molecule has 0 saturated carbocycles. The van der Waals surface area contributed by atoms with Gasteiger partial charge < -0.3 is 9.84 Å². The Morgan fingerprint density at radius 2 is 1.83 bits per heavy atom. The zero-order valence-electron chi connectivity index (χ0n) is 9.73. The van der Waals surface area contributed by atoms with E-state index in [1.165, 1.54) is 12.1 Å². The van der Waals surface area contributed by atoms with Gasteiger partial charge in [0, 0.05) is 4.47 Å². The van der Waals surface area contributed by atoms with Crippen molar-refractivity contribution in [1.29, 1.82) is 0 Å². The molecule has 18 heavy (non-hydrogen) atoms. The van der Waals surface area contributed by atoms with Gasteiger partial charge in [-0.05, 0) is 35.4 Å². The molecule has 4 heteroatoms. The number of ether oxygens (including phenoxy) is 1. The lowest BCUT2D eigenvalue weighted by atomic mass is 10.0. The Labute approximate surface area is 113 Å². The molecule has 0 amide bonds. The third-order valence-electron chi connectivity index (χ3n) is 2.69. The fourth-order valence-corrected chi connectivity index (χ4v) is 2.26. The molecule has 0 fully saturated rings. The van der Waals surface area contributed by atoms with Crippen LogP contribution in [0.4, 0.5) is 4.39 Å². The fourth-order valence-electron chi connectivity index (χ4n) is 1.68. The van der Waals surface area contributed by atoms with E-state index in [9.17, 15) is 9.50 Å². The smallest absolute Gasteiger partial charge is 0.123 e. The first kappa shape index (κ1) is 13.1. The van der Waals surface area contributed by atoms with Crippen LogP contribution in [0.2, 0.25) is 0 Å². The second kappa shape index (κ2) is 5.50. The van der Waals surface area contributed by atoms with Crippen LogP contribution in [0.3, 0.4) is 0 Å². The molecule has 0 aliphatic heterocycles. The van der Waals surface area contributed by atoms with Gasteiger partial charge in [-0.1, -0.05) is 34.1 Å². The SMILES string of the molecule is COc1ccc([C@@H](O)c2ccc(F)cc2)c(Br)c1. The number of hydrogen-bond donors (Lipinski definition) is 1. The Morgan fingerprint density at radius 1 is 1.17 bits per heavy atom. The van der Waals surface area contributed by atoms with Gasteiger partial charge in [0.25, 0.3) is 0 Å². The molecule has 2 nitrogen and oxygen atoms in total. The summed E-state index contributed by atoms with van der Waals surface area (Å²) in [5.74, 6) is 0.386. The molecule has 0 heterocycles. The molecule has 0 aliphatic rings. The molecule has 0 saturated heterocycles. The molecular formula is C14H12BrFO2. The van der Waals surface area contributed by atoms with Crippen LogP contribution < -0.4 is 4.74 Å². The van der Waals surface area contributed by atoms with Crippen molar-refractivity contribution in [3.63, 3.8) is 0 Å². The Bertz CT molecular complexity index is 540. The minimum atomic E-state index is -0.800. The van der Waals surface area contributed by atoms with Gasteiger partial charge in [-0.3, -0.25) is 0 Å². The van der Waals surface area contributed by atoms with E-state index in [4.69, 9.17) is 4.74 Å².